The van der Waals surface area contributed by atoms with Gasteiger partial charge in [0.05, 0.1) is 18.6 Å². The third-order valence-electron chi connectivity index (χ3n) is 3.65. The van der Waals surface area contributed by atoms with Crippen LogP contribution in [0, 0.1) is 5.92 Å². The fraction of sp³-hybridized carbons (Fsp3) is 0.500. The van der Waals surface area contributed by atoms with Crippen molar-refractivity contribution >= 4 is 21.9 Å². The Labute approximate surface area is 148 Å². The van der Waals surface area contributed by atoms with Gasteiger partial charge >= 0.3 is 5.97 Å². The summed E-state index contributed by atoms with van der Waals surface area (Å²) in [6.45, 7) is 2.63. The SMILES string of the molecule is COc1ccc(S(=O)(=O)N(CC(=O)N(C)C)C(C(=O)O)C(C)C)cc1. The molecule has 0 heterocycles. The summed E-state index contributed by atoms with van der Waals surface area (Å²) in [6.07, 6.45) is 0. The Morgan fingerprint density at radius 2 is 1.68 bits per heavy atom. The maximum Gasteiger partial charge on any atom is 0.322 e. The lowest BCUT2D eigenvalue weighted by Crippen LogP contribution is -2.51. The molecule has 0 radical (unpaired) electrons. The molecular formula is C16H24N2O6S. The van der Waals surface area contributed by atoms with Crippen molar-refractivity contribution in [1.82, 2.24) is 9.21 Å². The monoisotopic (exact) mass is 372 g/mol. The van der Waals surface area contributed by atoms with E-state index in [1.165, 1.54) is 50.4 Å². The molecular weight excluding hydrogens is 348 g/mol. The van der Waals surface area contributed by atoms with Crippen LogP contribution >= 0.6 is 0 Å². The third kappa shape index (κ3) is 4.93. The summed E-state index contributed by atoms with van der Waals surface area (Å²) in [5, 5.41) is 9.51. The van der Waals surface area contributed by atoms with Gasteiger partial charge in [-0.3, -0.25) is 9.59 Å². The van der Waals surface area contributed by atoms with Crippen molar-refractivity contribution in [3.8, 4) is 5.75 Å². The van der Waals surface area contributed by atoms with Gasteiger partial charge in [0.25, 0.3) is 0 Å². The molecule has 9 heteroatoms. The van der Waals surface area contributed by atoms with Crippen LogP contribution in [0.3, 0.4) is 0 Å². The number of hydrogen-bond donors (Lipinski definition) is 1. The maximum atomic E-state index is 13.0. The first-order chi connectivity index (χ1) is 11.5. The highest BCUT2D eigenvalue weighted by Gasteiger charge is 2.39. The molecule has 1 atom stereocenters. The molecule has 0 aliphatic heterocycles. The molecule has 0 spiro atoms. The number of benzene rings is 1. The Bertz CT molecular complexity index is 713. The van der Waals surface area contributed by atoms with Crippen LogP contribution in [-0.2, 0) is 19.6 Å². The molecule has 0 fully saturated rings. The number of likely N-dealkylation sites (N-methyl/N-ethyl adjacent to an activating group) is 1. The highest BCUT2D eigenvalue weighted by Crippen LogP contribution is 2.24. The standard InChI is InChI=1S/C16H24N2O6S/c1-11(2)15(16(20)21)18(10-14(19)17(3)4)25(22,23)13-8-6-12(24-5)7-9-13/h6-9,11,15H,10H2,1-5H3,(H,20,21). The fourth-order valence-corrected chi connectivity index (χ4v) is 3.90. The number of nitrogens with zero attached hydrogens (tertiary/aromatic N) is 2. The minimum absolute atomic E-state index is 0.105. The predicted molar refractivity (Wildman–Crippen MR) is 91.8 cm³/mol. The maximum absolute atomic E-state index is 13.0. The quantitative estimate of drug-likeness (QED) is 0.726. The Kier molecular flexibility index (Phi) is 6.95. The Morgan fingerprint density at radius 1 is 1.16 bits per heavy atom. The number of amides is 1. The average Bonchev–Trinajstić information content (AvgIpc) is 2.53. The number of sulfonamides is 1. The van der Waals surface area contributed by atoms with Crippen LogP contribution < -0.4 is 4.74 Å². The number of carbonyl (C=O) groups excluding carboxylic acids is 1. The number of carboxylic acid groups (broad SMARTS) is 1. The van der Waals surface area contributed by atoms with E-state index in [4.69, 9.17) is 4.74 Å². The van der Waals surface area contributed by atoms with Crippen LogP contribution in [0.2, 0.25) is 0 Å². The largest absolute Gasteiger partial charge is 0.497 e. The van der Waals surface area contributed by atoms with E-state index < -0.39 is 40.4 Å². The van der Waals surface area contributed by atoms with E-state index in [0.717, 1.165) is 4.31 Å². The number of ether oxygens (including phenoxy) is 1. The van der Waals surface area contributed by atoms with Gasteiger partial charge in [-0.05, 0) is 30.2 Å². The highest BCUT2D eigenvalue weighted by atomic mass is 32.2. The summed E-state index contributed by atoms with van der Waals surface area (Å²) < 4.78 is 31.7. The van der Waals surface area contributed by atoms with Crippen molar-refractivity contribution in [3.05, 3.63) is 24.3 Å². The lowest BCUT2D eigenvalue weighted by atomic mass is 10.0. The smallest absolute Gasteiger partial charge is 0.322 e. The van der Waals surface area contributed by atoms with Crippen molar-refractivity contribution in [2.75, 3.05) is 27.7 Å². The molecule has 0 bridgehead atoms. The number of aliphatic carboxylic acids is 1. The van der Waals surface area contributed by atoms with Crippen LogP contribution in [0.15, 0.2) is 29.2 Å². The van der Waals surface area contributed by atoms with Gasteiger partial charge in [0.2, 0.25) is 15.9 Å². The lowest BCUT2D eigenvalue weighted by Gasteiger charge is -2.30. The summed E-state index contributed by atoms with van der Waals surface area (Å²) in [4.78, 5) is 24.9. The Hall–Kier alpha value is -2.13. The predicted octanol–water partition coefficient (Wildman–Crippen LogP) is 0.883. The molecule has 1 aromatic carbocycles. The van der Waals surface area contributed by atoms with Gasteiger partial charge in [-0.2, -0.15) is 4.31 Å². The highest BCUT2D eigenvalue weighted by molar-refractivity contribution is 7.89. The Balaban J connectivity index is 3.41. The first-order valence-corrected chi connectivity index (χ1v) is 9.05. The zero-order valence-electron chi connectivity index (χ0n) is 15.0. The normalized spacial score (nSPS) is 12.9. The minimum atomic E-state index is -4.19. The van der Waals surface area contributed by atoms with Gasteiger partial charge < -0.3 is 14.7 Å². The molecule has 140 valence electrons. The molecule has 1 unspecified atom stereocenters. The molecule has 0 aliphatic carbocycles. The summed E-state index contributed by atoms with van der Waals surface area (Å²) in [5.41, 5.74) is 0. The Morgan fingerprint density at radius 3 is 2.04 bits per heavy atom. The first-order valence-electron chi connectivity index (χ1n) is 7.61. The number of rotatable bonds is 8. The molecule has 1 amide bonds. The number of carboxylic acids is 1. The van der Waals surface area contributed by atoms with Gasteiger partial charge in [-0.15, -0.1) is 0 Å². The lowest BCUT2D eigenvalue weighted by molar-refractivity contribution is -0.143. The molecule has 0 saturated heterocycles. The van der Waals surface area contributed by atoms with E-state index in [9.17, 15) is 23.1 Å². The van der Waals surface area contributed by atoms with Crippen LogP contribution in [-0.4, -0.2) is 68.4 Å². The van der Waals surface area contributed by atoms with Gasteiger partial charge in [-0.25, -0.2) is 8.42 Å². The number of methoxy groups -OCH3 is 1. The first kappa shape index (κ1) is 20.9. The zero-order chi connectivity index (χ0) is 19.4. The van der Waals surface area contributed by atoms with E-state index in [1.54, 1.807) is 13.8 Å². The van der Waals surface area contributed by atoms with Crippen molar-refractivity contribution in [2.24, 2.45) is 5.92 Å². The molecule has 25 heavy (non-hydrogen) atoms. The van der Waals surface area contributed by atoms with E-state index >= 15 is 0 Å². The summed E-state index contributed by atoms with van der Waals surface area (Å²) in [6, 6.07) is 4.20. The molecule has 0 saturated carbocycles. The topological polar surface area (TPSA) is 104 Å². The van der Waals surface area contributed by atoms with E-state index in [2.05, 4.69) is 0 Å². The summed E-state index contributed by atoms with van der Waals surface area (Å²) in [7, 11) is 0.210. The van der Waals surface area contributed by atoms with Gasteiger partial charge in [-0.1, -0.05) is 13.8 Å². The summed E-state index contributed by atoms with van der Waals surface area (Å²) in [5.74, 6) is -1.88. The second-order valence-electron chi connectivity index (χ2n) is 6.04. The van der Waals surface area contributed by atoms with Crippen molar-refractivity contribution in [1.29, 1.82) is 0 Å². The van der Waals surface area contributed by atoms with Crippen LogP contribution in [0.1, 0.15) is 13.8 Å². The molecule has 8 nitrogen and oxygen atoms in total. The van der Waals surface area contributed by atoms with Crippen LogP contribution in [0.5, 0.6) is 5.75 Å². The van der Waals surface area contributed by atoms with Crippen LogP contribution in [0.4, 0.5) is 0 Å². The number of carbonyl (C=O) groups is 2. The van der Waals surface area contributed by atoms with Crippen molar-refractivity contribution in [2.45, 2.75) is 24.8 Å². The molecule has 1 rings (SSSR count). The van der Waals surface area contributed by atoms with Crippen LogP contribution in [0.25, 0.3) is 0 Å². The molecule has 1 aromatic rings. The van der Waals surface area contributed by atoms with Gasteiger partial charge in [0.1, 0.15) is 11.8 Å². The minimum Gasteiger partial charge on any atom is -0.497 e. The second-order valence-corrected chi connectivity index (χ2v) is 7.93. The molecule has 0 aliphatic rings. The van der Waals surface area contributed by atoms with Gasteiger partial charge in [0, 0.05) is 14.1 Å². The van der Waals surface area contributed by atoms with E-state index in [0.29, 0.717) is 5.75 Å². The molecule has 1 N–H and O–H groups in total. The second kappa shape index (κ2) is 8.30. The van der Waals surface area contributed by atoms with Crippen molar-refractivity contribution < 1.29 is 27.9 Å². The van der Waals surface area contributed by atoms with E-state index in [-0.39, 0.29) is 4.90 Å². The van der Waals surface area contributed by atoms with Crippen molar-refractivity contribution in [3.63, 3.8) is 0 Å². The molecule has 0 aromatic heterocycles. The fourth-order valence-electron chi connectivity index (χ4n) is 2.23. The average molecular weight is 372 g/mol. The third-order valence-corrected chi connectivity index (χ3v) is 5.49. The zero-order valence-corrected chi connectivity index (χ0v) is 15.8. The van der Waals surface area contributed by atoms with E-state index in [1.807, 2.05) is 0 Å². The van der Waals surface area contributed by atoms with Gasteiger partial charge in [0.15, 0.2) is 0 Å². The number of hydrogen-bond acceptors (Lipinski definition) is 5. The summed E-state index contributed by atoms with van der Waals surface area (Å²) >= 11 is 0.